The lowest BCUT2D eigenvalue weighted by Crippen LogP contribution is -2.42. The van der Waals surface area contributed by atoms with Crippen molar-refractivity contribution < 1.29 is 0 Å². The third-order valence-electron chi connectivity index (χ3n) is 4.34. The van der Waals surface area contributed by atoms with Crippen LogP contribution in [0.4, 0.5) is 0 Å². The summed E-state index contributed by atoms with van der Waals surface area (Å²) < 4.78 is 0. The molecule has 3 heteroatoms. The Hall–Kier alpha value is 0.270. The molecule has 4 atom stereocenters. The van der Waals surface area contributed by atoms with E-state index in [2.05, 4.69) is 30.2 Å². The number of hydrogen-bond donors (Lipinski definition) is 3. The highest BCUT2D eigenvalue weighted by atomic mass is 32.1. The van der Waals surface area contributed by atoms with Gasteiger partial charge in [0.2, 0.25) is 0 Å². The zero-order valence-corrected chi connectivity index (χ0v) is 9.63. The van der Waals surface area contributed by atoms with Gasteiger partial charge in [-0.3, -0.25) is 10.6 Å². The van der Waals surface area contributed by atoms with Crippen LogP contribution in [0.25, 0.3) is 0 Å². The molecule has 0 spiro atoms. The van der Waals surface area contributed by atoms with E-state index in [1.165, 1.54) is 25.7 Å². The van der Waals surface area contributed by atoms with E-state index in [1.807, 2.05) is 0 Å². The van der Waals surface area contributed by atoms with Crippen molar-refractivity contribution in [3.63, 3.8) is 0 Å². The third kappa shape index (κ3) is 1.50. The fourth-order valence-corrected chi connectivity index (χ4v) is 4.34. The molecule has 14 heavy (non-hydrogen) atoms. The fraction of sp³-hybridized carbons (Fsp3) is 1.00. The van der Waals surface area contributed by atoms with Crippen molar-refractivity contribution in [1.29, 1.82) is 0 Å². The first-order valence-corrected chi connectivity index (χ1v) is 6.44. The molecule has 3 rings (SSSR count). The minimum Gasteiger partial charge on any atom is -0.298 e. The van der Waals surface area contributed by atoms with E-state index in [-0.39, 0.29) is 0 Å². The first kappa shape index (κ1) is 9.49. The number of rotatable bonds is 0. The van der Waals surface area contributed by atoms with Gasteiger partial charge in [0.1, 0.15) is 0 Å². The quantitative estimate of drug-likeness (QED) is 0.529. The molecule has 3 fully saturated rings. The Morgan fingerprint density at radius 3 is 1.93 bits per heavy atom. The molecule has 1 aliphatic heterocycles. The molecule has 80 valence electrons. The average Bonchev–Trinajstić information content (AvgIpc) is 2.59. The van der Waals surface area contributed by atoms with Crippen molar-refractivity contribution in [2.24, 2.45) is 11.8 Å². The number of hydrogen-bond acceptors (Lipinski definition) is 3. The Bertz CT molecular complexity index is 189. The highest BCUT2D eigenvalue weighted by molar-refractivity contribution is 7.80. The van der Waals surface area contributed by atoms with Crippen molar-refractivity contribution in [3.05, 3.63) is 0 Å². The second-order valence-corrected chi connectivity index (χ2v) is 6.12. The average molecular weight is 212 g/mol. The Morgan fingerprint density at radius 1 is 0.929 bits per heavy atom. The molecule has 2 saturated carbocycles. The van der Waals surface area contributed by atoms with Gasteiger partial charge in [-0.25, -0.2) is 0 Å². The van der Waals surface area contributed by atoms with Crippen LogP contribution in [0.2, 0.25) is 0 Å². The van der Waals surface area contributed by atoms with E-state index in [0.29, 0.717) is 11.4 Å². The van der Waals surface area contributed by atoms with Gasteiger partial charge in [-0.05, 0) is 44.4 Å². The first-order chi connectivity index (χ1) is 6.72. The minimum atomic E-state index is 0.524. The molecule has 0 amide bonds. The Balaban J connectivity index is 1.71. The molecule has 2 aliphatic carbocycles. The maximum absolute atomic E-state index is 4.63. The van der Waals surface area contributed by atoms with Gasteiger partial charge in [0, 0.05) is 17.3 Å². The van der Waals surface area contributed by atoms with E-state index >= 15 is 0 Å². The van der Waals surface area contributed by atoms with E-state index in [9.17, 15) is 0 Å². The third-order valence-corrected chi connectivity index (χ3v) is 4.77. The lowest BCUT2D eigenvalue weighted by atomic mass is 9.77. The zero-order valence-electron chi connectivity index (χ0n) is 8.74. The molecular formula is C11H20N2S. The van der Waals surface area contributed by atoms with E-state index < -0.39 is 0 Å². The van der Waals surface area contributed by atoms with E-state index in [1.54, 1.807) is 0 Å². The molecule has 0 bridgehead atoms. The van der Waals surface area contributed by atoms with Crippen LogP contribution >= 0.6 is 12.6 Å². The summed E-state index contributed by atoms with van der Waals surface area (Å²) in [5, 5.41) is 7.98. The van der Waals surface area contributed by atoms with E-state index in [4.69, 9.17) is 0 Å². The van der Waals surface area contributed by atoms with Gasteiger partial charge in [-0.15, -0.1) is 0 Å². The number of fused-ring (bicyclic) bond motifs is 2. The second kappa shape index (κ2) is 3.39. The number of nitrogens with one attached hydrogen (secondary N) is 2. The van der Waals surface area contributed by atoms with Crippen LogP contribution in [0, 0.1) is 11.8 Å². The van der Waals surface area contributed by atoms with Gasteiger partial charge in [0.25, 0.3) is 0 Å². The zero-order chi connectivity index (χ0) is 9.71. The van der Waals surface area contributed by atoms with Gasteiger partial charge < -0.3 is 0 Å². The molecule has 2 nitrogen and oxygen atoms in total. The Labute approximate surface area is 91.6 Å². The van der Waals surface area contributed by atoms with Crippen LogP contribution in [-0.4, -0.2) is 23.5 Å². The normalized spacial score (nSPS) is 57.0. The summed E-state index contributed by atoms with van der Waals surface area (Å²) >= 11 is 4.63. The van der Waals surface area contributed by atoms with Crippen molar-refractivity contribution in [1.82, 2.24) is 10.6 Å². The molecule has 1 heterocycles. The van der Waals surface area contributed by atoms with Crippen molar-refractivity contribution in [2.75, 3.05) is 0 Å². The SMILES string of the molecule is CC1NC2CC3CC(S)CC3CC2N1. The minimum absolute atomic E-state index is 0.524. The molecule has 0 radical (unpaired) electrons. The monoisotopic (exact) mass is 212 g/mol. The summed E-state index contributed by atoms with van der Waals surface area (Å²) in [6.45, 7) is 2.23. The van der Waals surface area contributed by atoms with Gasteiger partial charge in [0.15, 0.2) is 0 Å². The van der Waals surface area contributed by atoms with Gasteiger partial charge in [0.05, 0.1) is 6.17 Å². The molecule has 0 aromatic rings. The first-order valence-electron chi connectivity index (χ1n) is 5.92. The summed E-state index contributed by atoms with van der Waals surface area (Å²) in [6.07, 6.45) is 5.99. The van der Waals surface area contributed by atoms with Crippen LogP contribution in [0.15, 0.2) is 0 Å². The van der Waals surface area contributed by atoms with E-state index in [0.717, 1.165) is 23.9 Å². The number of thiol groups is 1. The summed E-state index contributed by atoms with van der Waals surface area (Å²) in [4.78, 5) is 0. The molecule has 2 N–H and O–H groups in total. The molecule has 0 aromatic carbocycles. The Morgan fingerprint density at radius 2 is 1.43 bits per heavy atom. The van der Waals surface area contributed by atoms with Crippen molar-refractivity contribution in [2.45, 2.75) is 56.1 Å². The molecule has 1 saturated heterocycles. The summed E-state index contributed by atoms with van der Waals surface area (Å²) in [6, 6.07) is 1.48. The standard InChI is InChI=1S/C11H20N2S/c1-6-12-10-4-7-2-9(14)3-8(7)5-11(10)13-6/h6-14H,2-5H2,1H3. The van der Waals surface area contributed by atoms with Gasteiger partial charge in [-0.1, -0.05) is 0 Å². The molecular weight excluding hydrogens is 192 g/mol. The highest BCUT2D eigenvalue weighted by Gasteiger charge is 2.44. The molecule has 4 unspecified atom stereocenters. The highest BCUT2D eigenvalue weighted by Crippen LogP contribution is 2.44. The second-order valence-electron chi connectivity index (χ2n) is 5.38. The summed E-state index contributed by atoms with van der Waals surface area (Å²) in [5.74, 6) is 1.91. The molecule has 0 aromatic heterocycles. The lowest BCUT2D eigenvalue weighted by molar-refractivity contribution is 0.219. The maximum atomic E-state index is 4.63. The van der Waals surface area contributed by atoms with Crippen LogP contribution < -0.4 is 10.6 Å². The lowest BCUT2D eigenvalue weighted by Gasteiger charge is -2.34. The largest absolute Gasteiger partial charge is 0.298 e. The van der Waals surface area contributed by atoms with Crippen LogP contribution in [0.5, 0.6) is 0 Å². The summed E-state index contributed by atoms with van der Waals surface area (Å²) in [7, 11) is 0. The van der Waals surface area contributed by atoms with Crippen LogP contribution in [0.1, 0.15) is 32.6 Å². The topological polar surface area (TPSA) is 24.1 Å². The summed E-state index contributed by atoms with van der Waals surface area (Å²) in [5.41, 5.74) is 0. The maximum Gasteiger partial charge on any atom is 0.0547 e. The van der Waals surface area contributed by atoms with Crippen molar-refractivity contribution in [3.8, 4) is 0 Å². The fourth-order valence-electron chi connectivity index (χ4n) is 3.80. The predicted molar refractivity (Wildman–Crippen MR) is 61.5 cm³/mol. The molecule has 3 aliphatic rings. The predicted octanol–water partition coefficient (Wildman–Crippen LogP) is 1.38. The van der Waals surface area contributed by atoms with Crippen molar-refractivity contribution >= 4 is 12.6 Å². The van der Waals surface area contributed by atoms with Gasteiger partial charge >= 0.3 is 0 Å². The van der Waals surface area contributed by atoms with Crippen LogP contribution in [0.3, 0.4) is 0 Å². The van der Waals surface area contributed by atoms with Gasteiger partial charge in [-0.2, -0.15) is 12.6 Å². The Kier molecular flexibility index (Phi) is 2.30. The van der Waals surface area contributed by atoms with Crippen LogP contribution in [-0.2, 0) is 0 Å². The smallest absolute Gasteiger partial charge is 0.0547 e.